The Morgan fingerprint density at radius 3 is 2.52 bits per heavy atom. The molecule has 1 atom stereocenters. The van der Waals surface area contributed by atoms with Gasteiger partial charge in [0.25, 0.3) is 11.7 Å². The molecule has 3 rings (SSSR count). The van der Waals surface area contributed by atoms with Crippen LogP contribution in [-0.2, 0) is 9.59 Å². The van der Waals surface area contributed by atoms with E-state index in [0.717, 1.165) is 6.42 Å². The zero-order chi connectivity index (χ0) is 24.3. The third-order valence-corrected chi connectivity index (χ3v) is 5.84. The Kier molecular flexibility index (Phi) is 7.92. The highest BCUT2D eigenvalue weighted by molar-refractivity contribution is 6.47. The van der Waals surface area contributed by atoms with Crippen LogP contribution in [0.2, 0.25) is 10.0 Å². The first kappa shape index (κ1) is 24.9. The summed E-state index contributed by atoms with van der Waals surface area (Å²) in [5.74, 6) is -1.18. The summed E-state index contributed by atoms with van der Waals surface area (Å²) in [6.45, 7) is 6.14. The number of benzene rings is 2. The fraction of sp³-hybridized carbons (Fsp3) is 0.360. The molecule has 1 N–H and O–H groups in total. The largest absolute Gasteiger partial charge is 0.507 e. The maximum Gasteiger partial charge on any atom is 0.295 e. The van der Waals surface area contributed by atoms with Crippen molar-refractivity contribution in [2.24, 2.45) is 0 Å². The topological polar surface area (TPSA) is 76.1 Å². The molecule has 1 aliphatic rings. The maximum atomic E-state index is 13.2. The second-order valence-corrected chi connectivity index (χ2v) is 8.86. The van der Waals surface area contributed by atoms with Gasteiger partial charge in [0.1, 0.15) is 17.3 Å². The van der Waals surface area contributed by atoms with Gasteiger partial charge in [-0.05, 0) is 38.5 Å². The van der Waals surface area contributed by atoms with Crippen molar-refractivity contribution in [1.29, 1.82) is 0 Å². The van der Waals surface area contributed by atoms with Crippen molar-refractivity contribution in [1.82, 2.24) is 4.90 Å². The third kappa shape index (κ3) is 4.97. The zero-order valence-electron chi connectivity index (χ0n) is 19.0. The molecule has 1 saturated heterocycles. The summed E-state index contributed by atoms with van der Waals surface area (Å²) in [7, 11) is 1.40. The predicted molar refractivity (Wildman–Crippen MR) is 129 cm³/mol. The molecule has 1 heterocycles. The molecule has 2 aromatic rings. The number of ketones is 1. The van der Waals surface area contributed by atoms with Crippen LogP contribution in [0.4, 0.5) is 0 Å². The Balaban J connectivity index is 2.30. The molecule has 0 radical (unpaired) electrons. The summed E-state index contributed by atoms with van der Waals surface area (Å²) < 4.78 is 11.3. The first-order valence-corrected chi connectivity index (χ1v) is 11.5. The molecule has 6 nitrogen and oxygen atoms in total. The minimum atomic E-state index is -0.839. The summed E-state index contributed by atoms with van der Waals surface area (Å²) in [6, 6.07) is 9.29. The first-order chi connectivity index (χ1) is 15.7. The van der Waals surface area contributed by atoms with Crippen molar-refractivity contribution < 1.29 is 24.2 Å². The minimum absolute atomic E-state index is 0.0625. The number of halogens is 2. The van der Waals surface area contributed by atoms with Crippen LogP contribution in [0.5, 0.6) is 11.5 Å². The molecule has 2 aromatic carbocycles. The molecule has 8 heteroatoms. The molecule has 0 bridgehead atoms. The Bertz CT molecular complexity index is 1100. The number of aliphatic hydroxyl groups excluding tert-OH is 1. The highest BCUT2D eigenvalue weighted by Crippen LogP contribution is 2.45. The normalized spacial score (nSPS) is 17.7. The van der Waals surface area contributed by atoms with Crippen molar-refractivity contribution in [3.05, 3.63) is 63.1 Å². The summed E-state index contributed by atoms with van der Waals surface area (Å²) in [5, 5.41) is 11.8. The molecule has 176 valence electrons. The van der Waals surface area contributed by atoms with Gasteiger partial charge in [-0.1, -0.05) is 54.7 Å². The maximum absolute atomic E-state index is 13.2. The highest BCUT2D eigenvalue weighted by atomic mass is 35.5. The number of carbonyl (C=O) groups excluding carboxylic acids is 2. The summed E-state index contributed by atoms with van der Waals surface area (Å²) in [5.41, 5.74) is 0.679. The summed E-state index contributed by atoms with van der Waals surface area (Å²) in [6.07, 6.45) is 1.40. The molecule has 1 fully saturated rings. The number of amides is 1. The lowest BCUT2D eigenvalue weighted by molar-refractivity contribution is -0.139. The number of para-hydroxylation sites is 1. The van der Waals surface area contributed by atoms with Crippen molar-refractivity contribution in [2.75, 3.05) is 13.7 Å². The number of Topliss-reactive ketones (excluding diaryl/α,β-unsaturated/α-hetero) is 1. The Hall–Kier alpha value is -2.70. The smallest absolute Gasteiger partial charge is 0.295 e. The van der Waals surface area contributed by atoms with Gasteiger partial charge in [0, 0.05) is 17.1 Å². The fourth-order valence-electron chi connectivity index (χ4n) is 3.92. The number of hydrogen-bond donors (Lipinski definition) is 1. The zero-order valence-corrected chi connectivity index (χ0v) is 20.5. The summed E-state index contributed by atoms with van der Waals surface area (Å²) in [4.78, 5) is 27.8. The van der Waals surface area contributed by atoms with E-state index in [1.54, 1.807) is 18.2 Å². The molecule has 0 aliphatic carbocycles. The predicted octanol–water partition coefficient (Wildman–Crippen LogP) is 6.01. The fourth-order valence-corrected chi connectivity index (χ4v) is 4.49. The average Bonchev–Trinajstić information content (AvgIpc) is 3.01. The number of hydrogen-bond acceptors (Lipinski definition) is 5. The van der Waals surface area contributed by atoms with Crippen LogP contribution in [0.1, 0.15) is 50.8 Å². The molecule has 0 spiro atoms. The van der Waals surface area contributed by atoms with Crippen molar-refractivity contribution in [3.8, 4) is 11.5 Å². The van der Waals surface area contributed by atoms with Gasteiger partial charge in [-0.25, -0.2) is 0 Å². The Morgan fingerprint density at radius 2 is 1.88 bits per heavy atom. The summed E-state index contributed by atoms with van der Waals surface area (Å²) >= 11 is 12.4. The van der Waals surface area contributed by atoms with E-state index in [-0.39, 0.29) is 33.0 Å². The SMILES string of the molecule is CCCCN1C(=O)C(=O)/C(=C(/O)c2cc(Cl)cc(Cl)c2OC)C1c1ccccc1OC(C)C. The number of carbonyl (C=O) groups is 2. The van der Waals surface area contributed by atoms with Crippen LogP contribution in [-0.4, -0.2) is 41.5 Å². The van der Waals surface area contributed by atoms with E-state index < -0.39 is 23.5 Å². The van der Waals surface area contributed by atoms with E-state index in [1.807, 2.05) is 26.8 Å². The first-order valence-electron chi connectivity index (χ1n) is 10.8. The van der Waals surface area contributed by atoms with Gasteiger partial charge < -0.3 is 19.5 Å². The second-order valence-electron chi connectivity index (χ2n) is 8.02. The van der Waals surface area contributed by atoms with Crippen LogP contribution in [0, 0.1) is 0 Å². The molecular weight excluding hydrogens is 465 g/mol. The lowest BCUT2D eigenvalue weighted by Crippen LogP contribution is -2.31. The van der Waals surface area contributed by atoms with Gasteiger partial charge in [-0.2, -0.15) is 0 Å². The molecule has 1 aliphatic heterocycles. The average molecular weight is 492 g/mol. The van der Waals surface area contributed by atoms with Crippen molar-refractivity contribution >= 4 is 40.7 Å². The van der Waals surface area contributed by atoms with E-state index in [0.29, 0.717) is 24.3 Å². The monoisotopic (exact) mass is 491 g/mol. The van der Waals surface area contributed by atoms with Crippen molar-refractivity contribution in [2.45, 2.75) is 45.8 Å². The van der Waals surface area contributed by atoms with E-state index in [9.17, 15) is 14.7 Å². The van der Waals surface area contributed by atoms with Crippen LogP contribution in [0.3, 0.4) is 0 Å². The standard InChI is InChI=1S/C25H27Cl2NO5/c1-5-6-11-28-21(16-9-7-8-10-19(16)33-14(2)3)20(23(30)25(28)31)22(29)17-12-15(26)13-18(27)24(17)32-4/h7-10,12-14,21,29H,5-6,11H2,1-4H3/b22-20+. The Labute approximate surface area is 203 Å². The number of ether oxygens (including phenoxy) is 2. The van der Waals surface area contributed by atoms with Crippen LogP contribution >= 0.6 is 23.2 Å². The number of methoxy groups -OCH3 is 1. The van der Waals surface area contributed by atoms with Crippen molar-refractivity contribution in [3.63, 3.8) is 0 Å². The van der Waals surface area contributed by atoms with Crippen LogP contribution in [0.25, 0.3) is 5.76 Å². The van der Waals surface area contributed by atoms with Gasteiger partial charge in [-0.15, -0.1) is 0 Å². The van der Waals surface area contributed by atoms with Crippen LogP contribution in [0.15, 0.2) is 42.0 Å². The van der Waals surface area contributed by atoms with Gasteiger partial charge in [0.05, 0.1) is 35.4 Å². The van der Waals surface area contributed by atoms with Gasteiger partial charge in [-0.3, -0.25) is 9.59 Å². The number of nitrogens with zero attached hydrogens (tertiary/aromatic N) is 1. The Morgan fingerprint density at radius 1 is 1.18 bits per heavy atom. The number of aliphatic hydroxyl groups is 1. The molecule has 33 heavy (non-hydrogen) atoms. The van der Waals surface area contributed by atoms with Gasteiger partial charge in [0.15, 0.2) is 0 Å². The highest BCUT2D eigenvalue weighted by Gasteiger charge is 2.47. The van der Waals surface area contributed by atoms with Gasteiger partial charge >= 0.3 is 0 Å². The molecule has 0 saturated carbocycles. The van der Waals surface area contributed by atoms with Crippen LogP contribution < -0.4 is 9.47 Å². The van der Waals surface area contributed by atoms with Gasteiger partial charge in [0.2, 0.25) is 0 Å². The number of likely N-dealkylation sites (tertiary alicyclic amines) is 1. The lowest BCUT2D eigenvalue weighted by Gasteiger charge is -2.27. The van der Waals surface area contributed by atoms with E-state index in [1.165, 1.54) is 24.1 Å². The van der Waals surface area contributed by atoms with E-state index in [4.69, 9.17) is 32.7 Å². The van der Waals surface area contributed by atoms with E-state index >= 15 is 0 Å². The minimum Gasteiger partial charge on any atom is -0.507 e. The second kappa shape index (κ2) is 10.5. The molecular formula is C25H27Cl2NO5. The third-order valence-electron chi connectivity index (χ3n) is 5.34. The van der Waals surface area contributed by atoms with E-state index in [2.05, 4.69) is 0 Å². The number of unbranched alkanes of at least 4 members (excludes halogenated alkanes) is 1. The molecule has 1 amide bonds. The molecule has 1 unspecified atom stereocenters. The lowest BCUT2D eigenvalue weighted by atomic mass is 9.94. The number of rotatable bonds is 8. The quantitative estimate of drug-likeness (QED) is 0.278. The molecule has 0 aromatic heterocycles.